The van der Waals surface area contributed by atoms with Gasteiger partial charge >= 0.3 is 5.97 Å². The number of halogens is 1. The molecule has 2 rings (SSSR count). The van der Waals surface area contributed by atoms with E-state index in [9.17, 15) is 4.79 Å². The molecule has 5 nitrogen and oxygen atoms in total. The quantitative estimate of drug-likeness (QED) is 0.491. The summed E-state index contributed by atoms with van der Waals surface area (Å²) in [7, 11) is 4.33. The number of carbonyl (C=O) groups excluding carboxylic acids is 1. The highest BCUT2D eigenvalue weighted by atomic mass is 35.5. The van der Waals surface area contributed by atoms with Crippen molar-refractivity contribution in [1.82, 2.24) is 5.48 Å². The van der Waals surface area contributed by atoms with Crippen LogP contribution in [0.25, 0.3) is 17.2 Å². The average molecular weight is 348 g/mol. The maximum Gasteiger partial charge on any atom is 0.356 e. The summed E-state index contributed by atoms with van der Waals surface area (Å²) in [5, 5.41) is 0.658. The molecule has 0 aliphatic carbocycles. The molecular formula is C18H18ClNO4. The van der Waals surface area contributed by atoms with Crippen LogP contribution < -0.4 is 10.2 Å². The van der Waals surface area contributed by atoms with Gasteiger partial charge in [-0.05, 0) is 41.5 Å². The Hall–Kier alpha value is -2.50. The highest BCUT2D eigenvalue weighted by Crippen LogP contribution is 2.32. The second-order valence-corrected chi connectivity index (χ2v) is 5.26. The lowest BCUT2D eigenvalue weighted by Gasteiger charge is -2.11. The van der Waals surface area contributed by atoms with Crippen molar-refractivity contribution in [1.29, 1.82) is 0 Å². The van der Waals surface area contributed by atoms with Gasteiger partial charge in [0.25, 0.3) is 0 Å². The van der Waals surface area contributed by atoms with Crippen molar-refractivity contribution in [3.63, 3.8) is 0 Å². The Balaban J connectivity index is 2.47. The molecule has 6 heteroatoms. The van der Waals surface area contributed by atoms with Crippen LogP contribution in [0.4, 0.5) is 0 Å². The Kier molecular flexibility index (Phi) is 6.23. The van der Waals surface area contributed by atoms with Crippen molar-refractivity contribution in [3.8, 4) is 16.9 Å². The molecule has 1 N–H and O–H groups in total. The van der Waals surface area contributed by atoms with Crippen LogP contribution in [0.2, 0.25) is 5.02 Å². The SMILES string of the molecule is CONC(=Cc1ccc(OC)c(-c2ccc(Cl)cc2)c1)C(=O)OC. The molecule has 0 heterocycles. The number of hydrogen-bond acceptors (Lipinski definition) is 5. The first kappa shape index (κ1) is 17.8. The first-order chi connectivity index (χ1) is 11.6. The highest BCUT2D eigenvalue weighted by molar-refractivity contribution is 6.30. The van der Waals surface area contributed by atoms with E-state index in [0.29, 0.717) is 10.8 Å². The molecule has 0 unspecified atom stereocenters. The number of carbonyl (C=O) groups is 1. The van der Waals surface area contributed by atoms with Gasteiger partial charge in [-0.2, -0.15) is 0 Å². The van der Waals surface area contributed by atoms with E-state index in [1.807, 2.05) is 42.5 Å². The minimum Gasteiger partial charge on any atom is -0.496 e. The Labute approximate surface area is 145 Å². The number of benzene rings is 2. The molecule has 0 aromatic heterocycles. The van der Waals surface area contributed by atoms with Crippen LogP contribution in [-0.4, -0.2) is 27.3 Å². The Morgan fingerprint density at radius 2 is 1.79 bits per heavy atom. The molecule has 0 aliphatic rings. The van der Waals surface area contributed by atoms with Crippen LogP contribution in [0.1, 0.15) is 5.56 Å². The van der Waals surface area contributed by atoms with Gasteiger partial charge in [0, 0.05) is 10.6 Å². The first-order valence-electron chi connectivity index (χ1n) is 7.12. The summed E-state index contributed by atoms with van der Waals surface area (Å²) in [6.45, 7) is 0. The molecule has 0 bridgehead atoms. The lowest BCUT2D eigenvalue weighted by molar-refractivity contribution is -0.137. The number of esters is 1. The molecule has 0 saturated carbocycles. The first-order valence-corrected chi connectivity index (χ1v) is 7.49. The molecule has 2 aromatic rings. The maximum absolute atomic E-state index is 11.7. The van der Waals surface area contributed by atoms with E-state index in [2.05, 4.69) is 5.48 Å². The predicted molar refractivity (Wildman–Crippen MR) is 93.6 cm³/mol. The van der Waals surface area contributed by atoms with Crippen molar-refractivity contribution in [2.45, 2.75) is 0 Å². The topological polar surface area (TPSA) is 56.8 Å². The molecular weight excluding hydrogens is 330 g/mol. The van der Waals surface area contributed by atoms with Crippen molar-refractivity contribution in [2.75, 3.05) is 21.3 Å². The fraction of sp³-hybridized carbons (Fsp3) is 0.167. The number of hydroxylamine groups is 1. The molecule has 0 fully saturated rings. The molecule has 2 aromatic carbocycles. The van der Waals surface area contributed by atoms with Crippen molar-refractivity contribution >= 4 is 23.6 Å². The molecule has 24 heavy (non-hydrogen) atoms. The van der Waals surface area contributed by atoms with Crippen LogP contribution in [0.5, 0.6) is 5.75 Å². The van der Waals surface area contributed by atoms with E-state index >= 15 is 0 Å². The Morgan fingerprint density at radius 1 is 1.08 bits per heavy atom. The zero-order valence-corrected chi connectivity index (χ0v) is 14.4. The smallest absolute Gasteiger partial charge is 0.356 e. The van der Waals surface area contributed by atoms with Crippen molar-refractivity contribution < 1.29 is 19.1 Å². The fourth-order valence-electron chi connectivity index (χ4n) is 2.19. The van der Waals surface area contributed by atoms with Gasteiger partial charge in [-0.1, -0.05) is 29.8 Å². The predicted octanol–water partition coefficient (Wildman–Crippen LogP) is 3.68. The standard InChI is InChI=1S/C18H18ClNO4/c1-22-17-9-4-12(11-16(20-24-3)18(21)23-2)10-15(17)13-5-7-14(19)8-6-13/h4-11,20H,1-3H3. The highest BCUT2D eigenvalue weighted by Gasteiger charge is 2.11. The van der Waals surface area contributed by atoms with Gasteiger partial charge in [0.2, 0.25) is 0 Å². The second kappa shape index (κ2) is 8.38. The third-order valence-corrected chi connectivity index (χ3v) is 3.56. The summed E-state index contributed by atoms with van der Waals surface area (Å²) in [5.74, 6) is 0.189. The van der Waals surface area contributed by atoms with Crippen LogP contribution >= 0.6 is 11.6 Å². The minimum absolute atomic E-state index is 0.187. The number of nitrogens with one attached hydrogen (secondary N) is 1. The largest absolute Gasteiger partial charge is 0.496 e. The van der Waals surface area contributed by atoms with Gasteiger partial charge in [0.15, 0.2) is 0 Å². The van der Waals surface area contributed by atoms with Gasteiger partial charge in [0.1, 0.15) is 11.4 Å². The van der Waals surface area contributed by atoms with Gasteiger partial charge in [0.05, 0.1) is 21.3 Å². The monoisotopic (exact) mass is 347 g/mol. The van der Waals surface area contributed by atoms with E-state index in [-0.39, 0.29) is 5.70 Å². The normalized spacial score (nSPS) is 11.1. The maximum atomic E-state index is 11.7. The Bertz CT molecular complexity index is 741. The zero-order valence-electron chi connectivity index (χ0n) is 13.6. The lowest BCUT2D eigenvalue weighted by Crippen LogP contribution is -2.20. The van der Waals surface area contributed by atoms with E-state index in [0.717, 1.165) is 16.7 Å². The molecule has 0 aliphatic heterocycles. The van der Waals surface area contributed by atoms with E-state index in [1.54, 1.807) is 13.2 Å². The summed E-state index contributed by atoms with van der Waals surface area (Å²) in [6, 6.07) is 13.0. The van der Waals surface area contributed by atoms with Crippen molar-refractivity contribution in [3.05, 3.63) is 58.7 Å². The van der Waals surface area contributed by atoms with Crippen LogP contribution in [0.3, 0.4) is 0 Å². The number of hydrogen-bond donors (Lipinski definition) is 1. The third kappa shape index (κ3) is 4.28. The van der Waals surface area contributed by atoms with Crippen LogP contribution in [-0.2, 0) is 14.4 Å². The molecule has 0 atom stereocenters. The Morgan fingerprint density at radius 3 is 2.38 bits per heavy atom. The van der Waals surface area contributed by atoms with Gasteiger partial charge < -0.3 is 9.47 Å². The van der Waals surface area contributed by atoms with E-state index < -0.39 is 5.97 Å². The summed E-state index contributed by atoms with van der Waals surface area (Å²) in [6.07, 6.45) is 1.63. The molecule has 126 valence electrons. The summed E-state index contributed by atoms with van der Waals surface area (Å²) in [4.78, 5) is 16.6. The molecule has 0 saturated heterocycles. The third-order valence-electron chi connectivity index (χ3n) is 3.31. The van der Waals surface area contributed by atoms with E-state index in [1.165, 1.54) is 14.2 Å². The van der Waals surface area contributed by atoms with E-state index in [4.69, 9.17) is 25.9 Å². The summed E-state index contributed by atoms with van der Waals surface area (Å²) >= 11 is 5.94. The number of rotatable bonds is 6. The second-order valence-electron chi connectivity index (χ2n) is 4.82. The van der Waals surface area contributed by atoms with Gasteiger partial charge in [-0.25, -0.2) is 4.79 Å². The lowest BCUT2D eigenvalue weighted by atomic mass is 10.0. The van der Waals surface area contributed by atoms with Gasteiger partial charge in [-0.3, -0.25) is 10.3 Å². The van der Waals surface area contributed by atoms with Gasteiger partial charge in [-0.15, -0.1) is 0 Å². The van der Waals surface area contributed by atoms with Crippen LogP contribution in [0, 0.1) is 0 Å². The molecule has 0 radical (unpaired) electrons. The minimum atomic E-state index is -0.527. The fourth-order valence-corrected chi connectivity index (χ4v) is 2.31. The molecule has 0 amide bonds. The summed E-state index contributed by atoms with van der Waals surface area (Å²) in [5.41, 5.74) is 5.31. The number of ether oxygens (including phenoxy) is 2. The van der Waals surface area contributed by atoms with Crippen molar-refractivity contribution in [2.24, 2.45) is 0 Å². The summed E-state index contributed by atoms with van der Waals surface area (Å²) < 4.78 is 10.1. The molecule has 0 spiro atoms. The average Bonchev–Trinajstić information content (AvgIpc) is 2.61. The number of methoxy groups -OCH3 is 2. The van der Waals surface area contributed by atoms with Crippen LogP contribution in [0.15, 0.2) is 48.2 Å². The zero-order chi connectivity index (χ0) is 17.5.